The Bertz CT molecular complexity index is 532. The van der Waals surface area contributed by atoms with E-state index in [-0.39, 0.29) is 24.2 Å². The lowest BCUT2D eigenvalue weighted by atomic mass is 10.1. The number of rotatable bonds is 5. The summed E-state index contributed by atoms with van der Waals surface area (Å²) in [6.45, 7) is 1.85. The highest BCUT2D eigenvalue weighted by Gasteiger charge is 2.34. The summed E-state index contributed by atoms with van der Waals surface area (Å²) in [5.74, 6) is -0.920. The van der Waals surface area contributed by atoms with Crippen molar-refractivity contribution in [1.82, 2.24) is 4.90 Å². The van der Waals surface area contributed by atoms with Gasteiger partial charge in [0.1, 0.15) is 5.83 Å². The Kier molecular flexibility index (Phi) is 4.29. The monoisotopic (exact) mass is 276 g/mol. The lowest BCUT2D eigenvalue weighted by Gasteiger charge is -2.12. The third-order valence-electron chi connectivity index (χ3n) is 3.24. The van der Waals surface area contributed by atoms with Gasteiger partial charge in [-0.3, -0.25) is 14.5 Å². The summed E-state index contributed by atoms with van der Waals surface area (Å²) >= 11 is 0. The maximum absolute atomic E-state index is 13.2. The molecule has 20 heavy (non-hydrogen) atoms. The van der Waals surface area contributed by atoms with E-state index in [1.807, 2.05) is 0 Å². The average Bonchev–Trinajstić information content (AvgIpc) is 2.68. The Morgan fingerprint density at radius 1 is 1.30 bits per heavy atom. The molecule has 0 aromatic heterocycles. The molecule has 0 spiro atoms. The van der Waals surface area contributed by atoms with Crippen molar-refractivity contribution in [3.63, 3.8) is 0 Å². The van der Waals surface area contributed by atoms with Gasteiger partial charge in [0.15, 0.2) is 0 Å². The molecule has 1 aromatic carbocycles. The molecule has 0 fully saturated rings. The molecule has 0 aliphatic carbocycles. The van der Waals surface area contributed by atoms with Crippen LogP contribution in [0.1, 0.15) is 40.5 Å². The molecule has 0 saturated carbocycles. The third-order valence-corrected chi connectivity index (χ3v) is 3.24. The van der Waals surface area contributed by atoms with Gasteiger partial charge in [-0.25, -0.2) is 4.39 Å². The molecule has 1 aliphatic heterocycles. The van der Waals surface area contributed by atoms with E-state index in [1.165, 1.54) is 11.0 Å². The van der Waals surface area contributed by atoms with Crippen LogP contribution in [0.15, 0.2) is 36.2 Å². The van der Waals surface area contributed by atoms with E-state index in [0.29, 0.717) is 24.0 Å². The summed E-state index contributed by atoms with van der Waals surface area (Å²) in [7, 11) is 0. The van der Waals surface area contributed by atoms with Crippen molar-refractivity contribution in [3.8, 4) is 0 Å². The van der Waals surface area contributed by atoms with E-state index in [0.717, 1.165) is 0 Å². The number of imide groups is 1. The molecule has 1 atom stereocenters. The number of benzene rings is 1. The highest BCUT2D eigenvalue weighted by Crippen LogP contribution is 2.22. The van der Waals surface area contributed by atoms with Gasteiger partial charge in [-0.05, 0) is 31.9 Å². The molecule has 0 bridgehead atoms. The SMILES string of the molecule is CC(N)/C(F)=C\CCCN1C(=O)c2ccccc2C1=O. The van der Waals surface area contributed by atoms with E-state index in [9.17, 15) is 14.0 Å². The van der Waals surface area contributed by atoms with Crippen molar-refractivity contribution in [2.24, 2.45) is 5.73 Å². The zero-order valence-corrected chi connectivity index (χ0v) is 11.3. The normalized spacial score (nSPS) is 16.6. The lowest BCUT2D eigenvalue weighted by molar-refractivity contribution is 0.0653. The number of halogens is 1. The fourth-order valence-electron chi connectivity index (χ4n) is 2.12. The second kappa shape index (κ2) is 5.96. The number of amides is 2. The molecular formula is C15H17FN2O2. The van der Waals surface area contributed by atoms with Crippen molar-refractivity contribution >= 4 is 11.8 Å². The Morgan fingerprint density at radius 3 is 2.35 bits per heavy atom. The smallest absolute Gasteiger partial charge is 0.261 e. The summed E-state index contributed by atoms with van der Waals surface area (Å²) in [6.07, 6.45) is 2.37. The van der Waals surface area contributed by atoms with E-state index in [1.54, 1.807) is 31.2 Å². The lowest BCUT2D eigenvalue weighted by Crippen LogP contribution is -2.30. The summed E-state index contributed by atoms with van der Waals surface area (Å²) in [5.41, 5.74) is 6.26. The van der Waals surface area contributed by atoms with Crippen LogP contribution in [0.25, 0.3) is 0 Å². The predicted molar refractivity (Wildman–Crippen MR) is 73.9 cm³/mol. The Balaban J connectivity index is 1.95. The van der Waals surface area contributed by atoms with E-state index in [4.69, 9.17) is 5.73 Å². The summed E-state index contributed by atoms with van der Waals surface area (Å²) < 4.78 is 13.2. The molecule has 1 unspecified atom stereocenters. The minimum atomic E-state index is -0.616. The van der Waals surface area contributed by atoms with Crippen LogP contribution in [0.5, 0.6) is 0 Å². The quantitative estimate of drug-likeness (QED) is 0.662. The predicted octanol–water partition coefficient (Wildman–Crippen LogP) is 2.26. The molecule has 2 N–H and O–H groups in total. The van der Waals surface area contributed by atoms with Crippen molar-refractivity contribution in [2.75, 3.05) is 6.54 Å². The molecule has 1 heterocycles. The zero-order valence-electron chi connectivity index (χ0n) is 11.3. The van der Waals surface area contributed by atoms with Gasteiger partial charge in [0, 0.05) is 6.54 Å². The second-order valence-corrected chi connectivity index (χ2v) is 4.83. The van der Waals surface area contributed by atoms with Crippen LogP contribution in [0, 0.1) is 0 Å². The van der Waals surface area contributed by atoms with Gasteiger partial charge in [-0.2, -0.15) is 0 Å². The number of fused-ring (bicyclic) bond motifs is 1. The maximum atomic E-state index is 13.2. The van der Waals surface area contributed by atoms with Gasteiger partial charge in [-0.15, -0.1) is 0 Å². The highest BCUT2D eigenvalue weighted by atomic mass is 19.1. The van der Waals surface area contributed by atoms with Gasteiger partial charge < -0.3 is 5.73 Å². The fourth-order valence-corrected chi connectivity index (χ4v) is 2.12. The molecule has 5 heteroatoms. The Labute approximate surface area is 117 Å². The topological polar surface area (TPSA) is 63.4 Å². The van der Waals surface area contributed by atoms with Crippen LogP contribution in [0.4, 0.5) is 4.39 Å². The molecule has 4 nitrogen and oxygen atoms in total. The minimum Gasteiger partial charge on any atom is -0.322 e. The van der Waals surface area contributed by atoms with Crippen molar-refractivity contribution in [2.45, 2.75) is 25.8 Å². The molecule has 106 valence electrons. The van der Waals surface area contributed by atoms with Gasteiger partial charge in [0.2, 0.25) is 0 Å². The number of hydrogen-bond acceptors (Lipinski definition) is 3. The van der Waals surface area contributed by atoms with Gasteiger partial charge in [0.05, 0.1) is 17.2 Å². The molecule has 1 aliphatic rings. The number of carbonyl (C=O) groups is 2. The first-order chi connectivity index (χ1) is 9.52. The largest absolute Gasteiger partial charge is 0.322 e. The standard InChI is InChI=1S/C15H17FN2O2/c1-10(17)13(16)8-4-5-9-18-14(19)11-6-2-3-7-12(11)15(18)20/h2-3,6-8,10H,4-5,9,17H2,1H3/b13-8+. The fraction of sp³-hybridized carbons (Fsp3) is 0.333. The van der Waals surface area contributed by atoms with Crippen LogP contribution >= 0.6 is 0 Å². The number of nitrogens with two attached hydrogens (primary N) is 1. The summed E-state index contributed by atoms with van der Waals surface area (Å²) in [5, 5.41) is 0. The first-order valence-corrected chi connectivity index (χ1v) is 6.58. The maximum Gasteiger partial charge on any atom is 0.261 e. The van der Waals surface area contributed by atoms with Crippen molar-refractivity contribution in [1.29, 1.82) is 0 Å². The zero-order chi connectivity index (χ0) is 14.7. The van der Waals surface area contributed by atoms with Gasteiger partial charge in [0.25, 0.3) is 11.8 Å². The van der Waals surface area contributed by atoms with Crippen LogP contribution < -0.4 is 5.73 Å². The van der Waals surface area contributed by atoms with E-state index < -0.39 is 6.04 Å². The van der Waals surface area contributed by atoms with Crippen LogP contribution in [-0.4, -0.2) is 29.3 Å². The molecular weight excluding hydrogens is 259 g/mol. The van der Waals surface area contributed by atoms with E-state index in [2.05, 4.69) is 0 Å². The first-order valence-electron chi connectivity index (χ1n) is 6.58. The van der Waals surface area contributed by atoms with Crippen molar-refractivity contribution < 1.29 is 14.0 Å². The number of hydrogen-bond donors (Lipinski definition) is 1. The highest BCUT2D eigenvalue weighted by molar-refractivity contribution is 6.21. The Morgan fingerprint density at radius 2 is 1.85 bits per heavy atom. The van der Waals surface area contributed by atoms with Crippen LogP contribution in [0.2, 0.25) is 0 Å². The number of unbranched alkanes of at least 4 members (excludes halogenated alkanes) is 1. The summed E-state index contributed by atoms with van der Waals surface area (Å²) in [6, 6.07) is 6.13. The average molecular weight is 276 g/mol. The molecule has 1 aromatic rings. The molecule has 0 saturated heterocycles. The number of carbonyl (C=O) groups excluding carboxylic acids is 2. The molecule has 0 radical (unpaired) electrons. The number of allylic oxidation sites excluding steroid dienone is 1. The molecule has 2 amide bonds. The van der Waals surface area contributed by atoms with Crippen molar-refractivity contribution in [3.05, 3.63) is 47.3 Å². The Hall–Kier alpha value is -2.01. The second-order valence-electron chi connectivity index (χ2n) is 4.83. The number of nitrogens with zero attached hydrogens (tertiary/aromatic N) is 1. The first kappa shape index (κ1) is 14.4. The van der Waals surface area contributed by atoms with Crippen LogP contribution in [-0.2, 0) is 0 Å². The van der Waals surface area contributed by atoms with Gasteiger partial charge >= 0.3 is 0 Å². The van der Waals surface area contributed by atoms with Gasteiger partial charge in [-0.1, -0.05) is 18.2 Å². The van der Waals surface area contributed by atoms with E-state index >= 15 is 0 Å². The molecule has 2 rings (SSSR count). The third kappa shape index (κ3) is 2.77. The van der Waals surface area contributed by atoms with Crippen LogP contribution in [0.3, 0.4) is 0 Å². The minimum absolute atomic E-state index is 0.276. The summed E-state index contributed by atoms with van der Waals surface area (Å²) in [4.78, 5) is 25.3.